The summed E-state index contributed by atoms with van der Waals surface area (Å²) in [7, 11) is 0. The van der Waals surface area contributed by atoms with Gasteiger partial charge < -0.3 is 5.11 Å². The number of fused-ring (bicyclic) bond motifs is 1. The van der Waals surface area contributed by atoms with Crippen LogP contribution < -0.4 is 0 Å². The van der Waals surface area contributed by atoms with Crippen LogP contribution in [0, 0.1) is 0 Å². The Labute approximate surface area is 135 Å². The van der Waals surface area contributed by atoms with Gasteiger partial charge in [0.1, 0.15) is 6.10 Å². The van der Waals surface area contributed by atoms with Crippen LogP contribution in [0.5, 0.6) is 0 Å². The number of hydrogen-bond acceptors (Lipinski definition) is 3. The van der Waals surface area contributed by atoms with Crippen LogP contribution in [0.2, 0.25) is 0 Å². The maximum absolute atomic E-state index is 10.4. The van der Waals surface area contributed by atoms with Crippen LogP contribution in [0.3, 0.4) is 0 Å². The summed E-state index contributed by atoms with van der Waals surface area (Å²) < 4.78 is -0.246. The molecule has 0 amide bonds. The van der Waals surface area contributed by atoms with Crippen molar-refractivity contribution in [3.63, 3.8) is 0 Å². The molecule has 0 saturated heterocycles. The number of halogens is 3. The molecule has 0 saturated carbocycles. The van der Waals surface area contributed by atoms with E-state index in [1.54, 1.807) is 22.9 Å². The Morgan fingerprint density at radius 3 is 2.48 bits per heavy atom. The number of alkyl halides is 3. The molecule has 3 rings (SSSR count). The SMILES string of the molecule is OC(c1c(-c2ccccc2)nc2ncccn12)C(Cl)(Cl)Cl. The molecule has 0 fully saturated rings. The number of aliphatic hydroxyl groups excluding tert-OH is 1. The average molecular weight is 343 g/mol. The Kier molecular flexibility index (Phi) is 3.80. The van der Waals surface area contributed by atoms with Crippen molar-refractivity contribution in [3.05, 3.63) is 54.5 Å². The summed E-state index contributed by atoms with van der Waals surface area (Å²) in [5.41, 5.74) is 1.74. The Bertz CT molecular complexity index is 768. The molecule has 3 aromatic rings. The molecule has 0 radical (unpaired) electrons. The highest BCUT2D eigenvalue weighted by atomic mass is 35.6. The molecule has 0 aliphatic rings. The van der Waals surface area contributed by atoms with E-state index in [2.05, 4.69) is 9.97 Å². The largest absolute Gasteiger partial charge is 0.382 e. The van der Waals surface area contributed by atoms with Crippen molar-refractivity contribution < 1.29 is 5.11 Å². The standard InChI is InChI=1S/C14H10Cl3N3O/c15-14(16,17)12(21)11-10(9-5-2-1-3-6-9)19-13-18-7-4-8-20(11)13/h1-8,12,21H. The molecule has 0 aliphatic heterocycles. The number of nitrogens with zero attached hydrogens (tertiary/aromatic N) is 3. The third-order valence-electron chi connectivity index (χ3n) is 3.06. The third kappa shape index (κ3) is 2.72. The Morgan fingerprint density at radius 2 is 1.81 bits per heavy atom. The maximum atomic E-state index is 10.4. The topological polar surface area (TPSA) is 50.4 Å². The summed E-state index contributed by atoms with van der Waals surface area (Å²) in [6, 6.07) is 11.1. The monoisotopic (exact) mass is 341 g/mol. The van der Waals surface area contributed by atoms with E-state index in [1.807, 2.05) is 30.3 Å². The second-order valence-electron chi connectivity index (χ2n) is 4.45. The Hall–Kier alpha value is -1.33. The first-order chi connectivity index (χ1) is 9.98. The molecule has 1 aromatic carbocycles. The van der Waals surface area contributed by atoms with E-state index < -0.39 is 9.90 Å². The molecule has 1 atom stereocenters. The molecule has 108 valence electrons. The minimum absolute atomic E-state index is 0.393. The van der Waals surface area contributed by atoms with Gasteiger partial charge in [-0.25, -0.2) is 9.97 Å². The minimum Gasteiger partial charge on any atom is -0.382 e. The highest BCUT2D eigenvalue weighted by Crippen LogP contribution is 2.42. The van der Waals surface area contributed by atoms with E-state index in [0.717, 1.165) is 5.56 Å². The van der Waals surface area contributed by atoms with Gasteiger partial charge in [-0.15, -0.1) is 0 Å². The van der Waals surface area contributed by atoms with Crippen molar-refractivity contribution in [1.29, 1.82) is 0 Å². The summed E-state index contributed by atoms with van der Waals surface area (Å²) in [5.74, 6) is 0.430. The fourth-order valence-corrected chi connectivity index (χ4v) is 2.44. The number of benzene rings is 1. The average Bonchev–Trinajstić information content (AvgIpc) is 2.85. The molecular formula is C14H10Cl3N3O. The summed E-state index contributed by atoms with van der Waals surface area (Å²) in [6.07, 6.45) is 2.00. The normalized spacial score (nSPS) is 13.5. The van der Waals surface area contributed by atoms with Crippen LogP contribution >= 0.6 is 34.8 Å². The van der Waals surface area contributed by atoms with Crippen LogP contribution in [-0.2, 0) is 0 Å². The molecule has 21 heavy (non-hydrogen) atoms. The Morgan fingerprint density at radius 1 is 1.10 bits per heavy atom. The molecule has 1 N–H and O–H groups in total. The van der Waals surface area contributed by atoms with Crippen molar-refractivity contribution in [1.82, 2.24) is 14.4 Å². The zero-order chi connectivity index (χ0) is 15.0. The van der Waals surface area contributed by atoms with Gasteiger partial charge in [0.15, 0.2) is 0 Å². The summed E-state index contributed by atoms with van der Waals surface area (Å²) >= 11 is 17.6. The van der Waals surface area contributed by atoms with E-state index in [9.17, 15) is 5.11 Å². The van der Waals surface area contributed by atoms with Gasteiger partial charge in [0.2, 0.25) is 9.57 Å². The number of imidazole rings is 1. The lowest BCUT2D eigenvalue weighted by Gasteiger charge is -2.19. The van der Waals surface area contributed by atoms with E-state index in [0.29, 0.717) is 17.2 Å². The molecule has 7 heteroatoms. The highest BCUT2D eigenvalue weighted by molar-refractivity contribution is 6.68. The number of aliphatic hydroxyl groups is 1. The van der Waals surface area contributed by atoms with Crippen LogP contribution in [0.25, 0.3) is 17.0 Å². The molecule has 1 unspecified atom stereocenters. The zero-order valence-electron chi connectivity index (χ0n) is 10.6. The molecule has 2 aromatic heterocycles. The molecular weight excluding hydrogens is 333 g/mol. The highest BCUT2D eigenvalue weighted by Gasteiger charge is 2.36. The van der Waals surface area contributed by atoms with Crippen LogP contribution in [0.1, 0.15) is 11.8 Å². The minimum atomic E-state index is -1.87. The molecule has 0 spiro atoms. The van der Waals surface area contributed by atoms with Gasteiger partial charge in [0.25, 0.3) is 0 Å². The van der Waals surface area contributed by atoms with Crippen molar-refractivity contribution in [2.45, 2.75) is 9.90 Å². The van der Waals surface area contributed by atoms with Crippen LogP contribution in [0.4, 0.5) is 0 Å². The first-order valence-electron chi connectivity index (χ1n) is 6.11. The van der Waals surface area contributed by atoms with E-state index in [4.69, 9.17) is 34.8 Å². The predicted octanol–water partition coefficient (Wildman–Crippen LogP) is 3.80. The van der Waals surface area contributed by atoms with Gasteiger partial charge >= 0.3 is 0 Å². The van der Waals surface area contributed by atoms with Crippen LogP contribution in [0.15, 0.2) is 48.8 Å². The van der Waals surface area contributed by atoms with Crippen molar-refractivity contribution in [3.8, 4) is 11.3 Å². The van der Waals surface area contributed by atoms with Gasteiger partial charge in [0.05, 0.1) is 11.4 Å². The van der Waals surface area contributed by atoms with Gasteiger partial charge in [-0.2, -0.15) is 0 Å². The van der Waals surface area contributed by atoms with Gasteiger partial charge in [-0.1, -0.05) is 65.1 Å². The second kappa shape index (κ2) is 5.46. The first kappa shape index (κ1) is 14.6. The lowest BCUT2D eigenvalue weighted by Crippen LogP contribution is -2.19. The fourth-order valence-electron chi connectivity index (χ4n) is 2.13. The third-order valence-corrected chi connectivity index (χ3v) is 3.68. The number of rotatable bonds is 2. The zero-order valence-corrected chi connectivity index (χ0v) is 12.9. The number of aromatic nitrogens is 3. The molecule has 0 aliphatic carbocycles. The van der Waals surface area contributed by atoms with E-state index >= 15 is 0 Å². The van der Waals surface area contributed by atoms with Crippen molar-refractivity contribution >= 4 is 40.6 Å². The van der Waals surface area contributed by atoms with E-state index in [-0.39, 0.29) is 0 Å². The summed E-state index contributed by atoms with van der Waals surface area (Å²) in [4.78, 5) is 8.60. The lowest BCUT2D eigenvalue weighted by molar-refractivity contribution is 0.177. The maximum Gasteiger partial charge on any atom is 0.234 e. The smallest absolute Gasteiger partial charge is 0.234 e. The Balaban J connectivity index is 2.29. The summed E-state index contributed by atoms with van der Waals surface area (Å²) in [5, 5.41) is 10.4. The van der Waals surface area contributed by atoms with Gasteiger partial charge in [0, 0.05) is 18.0 Å². The molecule has 0 bridgehead atoms. The van der Waals surface area contributed by atoms with Crippen LogP contribution in [-0.4, -0.2) is 23.3 Å². The molecule has 4 nitrogen and oxygen atoms in total. The van der Waals surface area contributed by atoms with Gasteiger partial charge in [-0.05, 0) is 6.07 Å². The van der Waals surface area contributed by atoms with Gasteiger partial charge in [-0.3, -0.25) is 4.40 Å². The first-order valence-corrected chi connectivity index (χ1v) is 7.25. The quantitative estimate of drug-likeness (QED) is 0.721. The number of hydrogen-bond donors (Lipinski definition) is 1. The predicted molar refractivity (Wildman–Crippen MR) is 83.7 cm³/mol. The van der Waals surface area contributed by atoms with Crippen molar-refractivity contribution in [2.75, 3.05) is 0 Å². The second-order valence-corrected chi connectivity index (χ2v) is 6.81. The summed E-state index contributed by atoms with van der Waals surface area (Å²) in [6.45, 7) is 0. The lowest BCUT2D eigenvalue weighted by atomic mass is 10.1. The van der Waals surface area contributed by atoms with Crippen molar-refractivity contribution in [2.24, 2.45) is 0 Å². The molecule has 2 heterocycles. The van der Waals surface area contributed by atoms with E-state index in [1.165, 1.54) is 0 Å². The fraction of sp³-hybridized carbons (Fsp3) is 0.143.